The molecule has 4 atom stereocenters. The quantitative estimate of drug-likeness (QED) is 0.0874. The zero-order chi connectivity index (χ0) is 41.4. The highest BCUT2D eigenvalue weighted by Gasteiger charge is 2.38. The molecule has 0 radical (unpaired) electrons. The van der Waals surface area contributed by atoms with E-state index in [1.54, 1.807) is 7.11 Å². The molecule has 3 aromatic carbocycles. The van der Waals surface area contributed by atoms with Crippen LogP contribution in [0.2, 0.25) is 0 Å². The van der Waals surface area contributed by atoms with Crippen LogP contribution in [0.15, 0.2) is 113 Å². The Kier molecular flexibility index (Phi) is 16.6. The maximum Gasteiger partial charge on any atom is 0.256 e. The van der Waals surface area contributed by atoms with E-state index in [9.17, 15) is 9.59 Å². The number of amidine groups is 1. The van der Waals surface area contributed by atoms with Crippen LogP contribution in [0.3, 0.4) is 0 Å². The molecule has 308 valence electrons. The molecular formula is C48H63N7O3. The van der Waals surface area contributed by atoms with Crippen LogP contribution in [0, 0.1) is 0 Å². The third-order valence-electron chi connectivity index (χ3n) is 11.0. The molecule has 1 fully saturated rings. The number of hydrogen-bond donors (Lipinski definition) is 3. The SMILES string of the molecule is CC.CCCNC=O.COC(C(=O)N1CCCC1C1=NCC(c2ccc(-c3ccc(-c4cnc(CC(C5=C(C)C=CCC5)N(C)C)[nH]4)cc3)cc2)N1)c1ccccc1. The Bertz CT molecular complexity index is 1980. The maximum atomic E-state index is 13.6. The average Bonchev–Trinajstić information content (AvgIpc) is 4.06. The maximum absolute atomic E-state index is 13.6. The van der Waals surface area contributed by atoms with Gasteiger partial charge < -0.3 is 30.2 Å². The fourth-order valence-electron chi connectivity index (χ4n) is 7.92. The van der Waals surface area contributed by atoms with Crippen molar-refractivity contribution in [3.8, 4) is 22.4 Å². The van der Waals surface area contributed by atoms with Crippen molar-refractivity contribution in [3.63, 3.8) is 0 Å². The van der Waals surface area contributed by atoms with E-state index >= 15 is 0 Å². The highest BCUT2D eigenvalue weighted by molar-refractivity contribution is 5.94. The molecule has 58 heavy (non-hydrogen) atoms. The second-order valence-corrected chi connectivity index (χ2v) is 15.0. The molecule has 1 saturated heterocycles. The summed E-state index contributed by atoms with van der Waals surface area (Å²) in [5.41, 5.74) is 9.46. The molecule has 0 saturated carbocycles. The van der Waals surface area contributed by atoms with Crippen molar-refractivity contribution >= 4 is 18.2 Å². The van der Waals surface area contributed by atoms with Gasteiger partial charge >= 0.3 is 0 Å². The number of imidazole rings is 1. The summed E-state index contributed by atoms with van der Waals surface area (Å²) in [6, 6.07) is 27.5. The number of amides is 2. The van der Waals surface area contributed by atoms with Gasteiger partial charge in [-0.2, -0.15) is 0 Å². The summed E-state index contributed by atoms with van der Waals surface area (Å²) in [7, 11) is 5.92. The fraction of sp³-hybridized carbons (Fsp3) is 0.417. The van der Waals surface area contributed by atoms with Crippen molar-refractivity contribution in [1.82, 2.24) is 30.4 Å². The number of aliphatic imine (C=N–C) groups is 1. The number of aromatic nitrogens is 2. The third kappa shape index (κ3) is 11.0. The Balaban J connectivity index is 0.000000735. The molecule has 2 aliphatic heterocycles. The standard InChI is InChI=1S/C42H48N6O2.C4H9NO.C2H6/c1-28-11-8-9-14-34(28)38(47(2)3)25-39-43-26-35(45-39)31-20-16-29(17-21-31)30-18-22-32(23-19-30)36-27-44-41(46-36)37-15-10-24-48(37)42(49)40(50-4)33-12-6-5-7-13-33;1-2-3-5-4-6;1-2/h5-8,11-13,16-23,26,36-38,40H,9-10,14-15,24-25,27H2,1-4H3,(H,43,45)(H,44,46);4H,2-3H2,1H3,(H,5,6);1-2H3. The number of nitrogens with one attached hydrogen (secondary N) is 3. The van der Waals surface area contributed by atoms with Crippen molar-refractivity contribution in [2.45, 2.75) is 90.4 Å². The first-order valence-electron chi connectivity index (χ1n) is 20.9. The van der Waals surface area contributed by atoms with Gasteiger partial charge in [0.05, 0.1) is 30.5 Å². The third-order valence-corrected chi connectivity index (χ3v) is 11.0. The van der Waals surface area contributed by atoms with Crippen LogP contribution < -0.4 is 10.6 Å². The van der Waals surface area contributed by atoms with Gasteiger partial charge in [0, 0.05) is 32.7 Å². The van der Waals surface area contributed by atoms with E-state index in [-0.39, 0.29) is 18.0 Å². The van der Waals surface area contributed by atoms with Gasteiger partial charge in [0.1, 0.15) is 11.7 Å². The number of H-pyrrole nitrogens is 1. The van der Waals surface area contributed by atoms with Crippen LogP contribution in [0.25, 0.3) is 22.4 Å². The lowest BCUT2D eigenvalue weighted by molar-refractivity contribution is -0.142. The second-order valence-electron chi connectivity index (χ2n) is 15.0. The number of hydrogen-bond acceptors (Lipinski definition) is 7. The van der Waals surface area contributed by atoms with Gasteiger partial charge in [0.2, 0.25) is 6.41 Å². The number of methoxy groups -OCH3 is 1. The summed E-state index contributed by atoms with van der Waals surface area (Å²) in [6.07, 6.45) is 12.5. The minimum absolute atomic E-state index is 0.00377. The van der Waals surface area contributed by atoms with Gasteiger partial charge in [-0.15, -0.1) is 0 Å². The summed E-state index contributed by atoms with van der Waals surface area (Å²) in [6.45, 7) is 10.4. The van der Waals surface area contributed by atoms with Crippen LogP contribution in [-0.4, -0.2) is 90.8 Å². The van der Waals surface area contributed by atoms with Gasteiger partial charge in [0.15, 0.2) is 6.10 Å². The van der Waals surface area contributed by atoms with E-state index in [4.69, 9.17) is 14.7 Å². The molecule has 3 N–H and O–H groups in total. The summed E-state index contributed by atoms with van der Waals surface area (Å²) in [4.78, 5) is 40.6. The Morgan fingerprint density at radius 1 is 1.02 bits per heavy atom. The molecule has 4 unspecified atom stereocenters. The van der Waals surface area contributed by atoms with E-state index in [0.29, 0.717) is 25.5 Å². The molecule has 1 aromatic heterocycles. The van der Waals surface area contributed by atoms with Gasteiger partial charge in [-0.3, -0.25) is 14.6 Å². The monoisotopic (exact) mass is 785 g/mol. The van der Waals surface area contributed by atoms with E-state index in [2.05, 4.69) is 102 Å². The average molecular weight is 786 g/mol. The van der Waals surface area contributed by atoms with Gasteiger partial charge in [-0.25, -0.2) is 4.98 Å². The van der Waals surface area contributed by atoms with Crippen molar-refractivity contribution < 1.29 is 14.3 Å². The zero-order valence-electron chi connectivity index (χ0n) is 35.5. The minimum atomic E-state index is -0.611. The molecule has 3 aliphatic rings. The summed E-state index contributed by atoms with van der Waals surface area (Å²) >= 11 is 0. The van der Waals surface area contributed by atoms with Gasteiger partial charge in [-0.05, 0) is 86.5 Å². The smallest absolute Gasteiger partial charge is 0.256 e. The number of benzene rings is 3. The van der Waals surface area contributed by atoms with Crippen LogP contribution in [0.5, 0.6) is 0 Å². The highest BCUT2D eigenvalue weighted by atomic mass is 16.5. The number of allylic oxidation sites excluding steroid dienone is 3. The first kappa shape index (κ1) is 43.8. The molecule has 0 spiro atoms. The lowest BCUT2D eigenvalue weighted by Gasteiger charge is -2.29. The molecule has 0 bridgehead atoms. The van der Waals surface area contributed by atoms with Crippen LogP contribution in [-0.2, 0) is 20.7 Å². The minimum Gasteiger partial charge on any atom is -0.367 e. The van der Waals surface area contributed by atoms with Crippen molar-refractivity contribution in [3.05, 3.63) is 125 Å². The molecule has 4 aromatic rings. The predicted octanol–water partition coefficient (Wildman–Crippen LogP) is 8.47. The summed E-state index contributed by atoms with van der Waals surface area (Å²) < 4.78 is 5.67. The number of likely N-dealkylation sites (N-methyl/N-ethyl adjacent to an activating group) is 1. The van der Waals surface area contributed by atoms with E-state index in [1.165, 1.54) is 27.8 Å². The Hall–Kier alpha value is -5.32. The number of likely N-dealkylation sites (tertiary alicyclic amines) is 1. The molecule has 2 amide bonds. The van der Waals surface area contributed by atoms with Crippen LogP contribution >= 0.6 is 0 Å². The molecule has 1 aliphatic carbocycles. The van der Waals surface area contributed by atoms with Gasteiger partial charge in [-0.1, -0.05) is 117 Å². The molecule has 7 rings (SSSR count). The lowest BCUT2D eigenvalue weighted by Crippen LogP contribution is -2.46. The number of ether oxygens (including phenoxy) is 1. The van der Waals surface area contributed by atoms with E-state index in [1.807, 2.05) is 62.2 Å². The molecule has 3 heterocycles. The lowest BCUT2D eigenvalue weighted by atomic mass is 9.90. The molecule has 10 nitrogen and oxygen atoms in total. The summed E-state index contributed by atoms with van der Waals surface area (Å²) in [5.74, 6) is 1.91. The largest absolute Gasteiger partial charge is 0.367 e. The molecule has 10 heteroatoms. The topological polar surface area (TPSA) is 115 Å². The highest BCUT2D eigenvalue weighted by Crippen LogP contribution is 2.31. The fourth-order valence-corrected chi connectivity index (χ4v) is 7.92. The first-order valence-corrected chi connectivity index (χ1v) is 20.9. The normalized spacial score (nSPS) is 18.3. The van der Waals surface area contributed by atoms with Crippen molar-refractivity contribution in [2.24, 2.45) is 4.99 Å². The van der Waals surface area contributed by atoms with E-state index < -0.39 is 6.10 Å². The number of carbonyl (C=O) groups excluding carboxylic acids is 2. The Morgan fingerprint density at radius 3 is 2.33 bits per heavy atom. The van der Waals surface area contributed by atoms with Gasteiger partial charge in [0.25, 0.3) is 5.91 Å². The van der Waals surface area contributed by atoms with Crippen LogP contribution in [0.1, 0.15) is 88.9 Å². The Morgan fingerprint density at radius 2 is 1.71 bits per heavy atom. The number of rotatable bonds is 14. The predicted molar refractivity (Wildman–Crippen MR) is 237 cm³/mol. The number of aromatic amines is 1. The molecular weight excluding hydrogens is 723 g/mol. The number of nitrogens with zero attached hydrogens (tertiary/aromatic N) is 4. The van der Waals surface area contributed by atoms with Crippen molar-refractivity contribution in [1.29, 1.82) is 0 Å². The Labute approximate surface area is 345 Å². The summed E-state index contributed by atoms with van der Waals surface area (Å²) in [5, 5.41) is 6.17. The van der Waals surface area contributed by atoms with E-state index in [0.717, 1.165) is 73.6 Å². The first-order chi connectivity index (χ1) is 28.3. The van der Waals surface area contributed by atoms with Crippen molar-refractivity contribution in [2.75, 3.05) is 40.8 Å². The van der Waals surface area contributed by atoms with Crippen LogP contribution in [0.4, 0.5) is 0 Å². The second kappa shape index (κ2) is 22.0. The zero-order valence-corrected chi connectivity index (χ0v) is 35.5. The number of carbonyl (C=O) groups is 2.